The van der Waals surface area contributed by atoms with Gasteiger partial charge in [0.1, 0.15) is 6.04 Å². The first-order valence-corrected chi connectivity index (χ1v) is 7.70. The molecule has 3 aromatic rings. The number of halogens is 4. The van der Waals surface area contributed by atoms with Gasteiger partial charge < -0.3 is 9.73 Å². The zero-order valence-corrected chi connectivity index (χ0v) is 13.9. The zero-order valence-electron chi connectivity index (χ0n) is 13.2. The van der Waals surface area contributed by atoms with E-state index in [-0.39, 0.29) is 21.9 Å². The van der Waals surface area contributed by atoms with E-state index in [1.807, 2.05) is 0 Å². The van der Waals surface area contributed by atoms with Gasteiger partial charge in [-0.2, -0.15) is 13.2 Å². The largest absolute Gasteiger partial charge is 0.421 e. The van der Waals surface area contributed by atoms with Crippen molar-refractivity contribution < 1.29 is 22.4 Å². The van der Waals surface area contributed by atoms with Gasteiger partial charge in [-0.05, 0) is 37.3 Å². The van der Waals surface area contributed by atoms with Gasteiger partial charge in [-0.15, -0.1) is 0 Å². The molecule has 1 N–H and O–H groups in total. The van der Waals surface area contributed by atoms with Crippen LogP contribution in [0.5, 0.6) is 0 Å². The Kier molecular flexibility index (Phi) is 4.49. The average molecular weight is 386 g/mol. The van der Waals surface area contributed by atoms with Crippen LogP contribution in [0.25, 0.3) is 11.2 Å². The van der Waals surface area contributed by atoms with Crippen LogP contribution in [0.2, 0.25) is 5.02 Å². The van der Waals surface area contributed by atoms with Crippen molar-refractivity contribution in [2.75, 3.05) is 5.32 Å². The molecule has 1 aromatic carbocycles. The first-order valence-electron chi connectivity index (χ1n) is 7.32. The fourth-order valence-electron chi connectivity index (χ4n) is 2.37. The maximum atomic E-state index is 12.8. The maximum Gasteiger partial charge on any atom is 0.421 e. The summed E-state index contributed by atoms with van der Waals surface area (Å²) >= 11 is 5.86. The number of nitrogens with zero attached hydrogens (tertiary/aromatic N) is 2. The number of hydrogen-bond acceptors (Lipinski definition) is 4. The molecule has 136 valence electrons. The normalized spacial score (nSPS) is 13.0. The zero-order chi connectivity index (χ0) is 19.1. The third-order valence-electron chi connectivity index (χ3n) is 3.69. The van der Waals surface area contributed by atoms with E-state index < -0.39 is 29.4 Å². The predicted octanol–water partition coefficient (Wildman–Crippen LogP) is 3.86. The van der Waals surface area contributed by atoms with Crippen molar-refractivity contribution in [3.8, 4) is 0 Å². The number of oxazole rings is 1. The van der Waals surface area contributed by atoms with Crippen LogP contribution in [0.4, 0.5) is 18.9 Å². The van der Waals surface area contributed by atoms with Gasteiger partial charge in [-0.1, -0.05) is 11.6 Å². The SMILES string of the molecule is CC(C(=O)Nc1cc(C(F)(F)F)ccc1Cl)n1c(=O)oc2cccnc21. The fraction of sp³-hybridized carbons (Fsp3) is 0.188. The molecule has 0 saturated heterocycles. The standard InChI is InChI=1S/C16H11ClF3N3O3/c1-8(23-13-12(26-15(23)25)3-2-6-21-13)14(24)22-11-7-9(16(18,19)20)4-5-10(11)17/h2-8H,1H3,(H,22,24). The number of benzene rings is 1. The molecule has 2 heterocycles. The second-order valence-corrected chi connectivity index (χ2v) is 5.83. The predicted molar refractivity (Wildman–Crippen MR) is 88.1 cm³/mol. The number of carbonyl (C=O) groups is 1. The van der Waals surface area contributed by atoms with Gasteiger partial charge >= 0.3 is 11.9 Å². The molecule has 0 aliphatic carbocycles. The Balaban J connectivity index is 1.93. The van der Waals surface area contributed by atoms with Gasteiger partial charge in [0.15, 0.2) is 11.2 Å². The number of aromatic nitrogens is 2. The molecule has 2 aromatic heterocycles. The minimum Gasteiger partial charge on any atom is -0.406 e. The quantitative estimate of drug-likeness (QED) is 0.742. The lowest BCUT2D eigenvalue weighted by Crippen LogP contribution is -2.29. The number of pyridine rings is 1. The number of alkyl halides is 3. The Labute approximate surface area is 149 Å². The van der Waals surface area contributed by atoms with Gasteiger partial charge in [0.2, 0.25) is 5.91 Å². The number of rotatable bonds is 3. The smallest absolute Gasteiger partial charge is 0.406 e. The van der Waals surface area contributed by atoms with Crippen LogP contribution in [0.1, 0.15) is 18.5 Å². The van der Waals surface area contributed by atoms with Crippen LogP contribution in [-0.2, 0) is 11.0 Å². The van der Waals surface area contributed by atoms with Crippen molar-refractivity contribution in [1.29, 1.82) is 0 Å². The first kappa shape index (κ1) is 18.0. The summed E-state index contributed by atoms with van der Waals surface area (Å²) in [6.07, 6.45) is -3.17. The minimum atomic E-state index is -4.59. The first-order chi connectivity index (χ1) is 12.2. The molecule has 26 heavy (non-hydrogen) atoms. The van der Waals surface area contributed by atoms with Gasteiger partial charge in [0.05, 0.1) is 16.3 Å². The highest BCUT2D eigenvalue weighted by Gasteiger charge is 2.31. The van der Waals surface area contributed by atoms with E-state index in [4.69, 9.17) is 16.0 Å². The van der Waals surface area contributed by atoms with Crippen molar-refractivity contribution in [3.63, 3.8) is 0 Å². The Bertz CT molecular complexity index is 1040. The summed E-state index contributed by atoms with van der Waals surface area (Å²) in [6, 6.07) is 4.54. The number of fused-ring (bicyclic) bond motifs is 1. The van der Waals surface area contributed by atoms with E-state index in [9.17, 15) is 22.8 Å². The Morgan fingerprint density at radius 3 is 2.77 bits per heavy atom. The van der Waals surface area contributed by atoms with Crippen LogP contribution in [0.15, 0.2) is 45.7 Å². The van der Waals surface area contributed by atoms with Crippen molar-refractivity contribution in [2.24, 2.45) is 0 Å². The van der Waals surface area contributed by atoms with E-state index >= 15 is 0 Å². The molecule has 0 bridgehead atoms. The number of anilines is 1. The summed E-state index contributed by atoms with van der Waals surface area (Å²) in [4.78, 5) is 28.4. The molecule has 3 rings (SSSR count). The molecule has 10 heteroatoms. The van der Waals surface area contributed by atoms with Crippen molar-refractivity contribution in [3.05, 3.63) is 57.7 Å². The van der Waals surface area contributed by atoms with E-state index in [1.165, 1.54) is 19.2 Å². The highest BCUT2D eigenvalue weighted by atomic mass is 35.5. The van der Waals surface area contributed by atoms with E-state index in [2.05, 4.69) is 10.3 Å². The molecule has 0 aliphatic heterocycles. The van der Waals surface area contributed by atoms with Crippen LogP contribution < -0.4 is 11.1 Å². The molecule has 1 atom stereocenters. The summed E-state index contributed by atoms with van der Waals surface area (Å²) in [5.74, 6) is -1.56. The number of hydrogen-bond donors (Lipinski definition) is 1. The second kappa shape index (κ2) is 6.49. The number of nitrogens with one attached hydrogen (secondary N) is 1. The topological polar surface area (TPSA) is 77.1 Å². The lowest BCUT2D eigenvalue weighted by Gasteiger charge is -2.15. The van der Waals surface area contributed by atoms with Gasteiger partial charge in [-0.25, -0.2) is 14.3 Å². The Hall–Kier alpha value is -2.81. The molecule has 0 fully saturated rings. The van der Waals surface area contributed by atoms with E-state index in [0.29, 0.717) is 0 Å². The molecular formula is C16H11ClF3N3O3. The lowest BCUT2D eigenvalue weighted by molar-refractivity contribution is -0.137. The average Bonchev–Trinajstić information content (AvgIpc) is 2.90. The van der Waals surface area contributed by atoms with Crippen molar-refractivity contribution >= 4 is 34.4 Å². The molecule has 0 radical (unpaired) electrons. The highest BCUT2D eigenvalue weighted by molar-refractivity contribution is 6.33. The summed E-state index contributed by atoms with van der Waals surface area (Å²) in [7, 11) is 0. The summed E-state index contributed by atoms with van der Waals surface area (Å²) < 4.78 is 44.5. The third kappa shape index (κ3) is 3.30. The Morgan fingerprint density at radius 1 is 1.35 bits per heavy atom. The lowest BCUT2D eigenvalue weighted by atomic mass is 10.2. The molecule has 6 nitrogen and oxygen atoms in total. The molecule has 1 amide bonds. The maximum absolute atomic E-state index is 12.8. The summed E-state index contributed by atoms with van der Waals surface area (Å²) in [6.45, 7) is 1.39. The van der Waals surface area contributed by atoms with Gasteiger partial charge in [0.25, 0.3) is 0 Å². The molecule has 0 saturated carbocycles. The fourth-order valence-corrected chi connectivity index (χ4v) is 2.53. The van der Waals surface area contributed by atoms with Gasteiger partial charge in [-0.3, -0.25) is 4.79 Å². The minimum absolute atomic E-state index is 0.0685. The molecule has 1 unspecified atom stereocenters. The van der Waals surface area contributed by atoms with Crippen LogP contribution in [0.3, 0.4) is 0 Å². The summed E-state index contributed by atoms with van der Waals surface area (Å²) in [5, 5.41) is 2.23. The molecule has 0 spiro atoms. The second-order valence-electron chi connectivity index (χ2n) is 5.42. The van der Waals surface area contributed by atoms with Gasteiger partial charge in [0, 0.05) is 6.20 Å². The van der Waals surface area contributed by atoms with E-state index in [1.54, 1.807) is 6.07 Å². The molecular weight excluding hydrogens is 375 g/mol. The van der Waals surface area contributed by atoms with E-state index in [0.717, 1.165) is 22.8 Å². The molecule has 0 aliphatic rings. The number of amides is 1. The van der Waals surface area contributed by atoms with Crippen LogP contribution in [-0.4, -0.2) is 15.5 Å². The van der Waals surface area contributed by atoms with Crippen molar-refractivity contribution in [2.45, 2.75) is 19.1 Å². The number of carbonyl (C=O) groups excluding carboxylic acids is 1. The van der Waals surface area contributed by atoms with Crippen LogP contribution in [0, 0.1) is 0 Å². The monoisotopic (exact) mass is 385 g/mol. The Morgan fingerprint density at radius 2 is 2.08 bits per heavy atom. The summed E-state index contributed by atoms with van der Waals surface area (Å²) in [5.41, 5.74) is -0.839. The van der Waals surface area contributed by atoms with Crippen LogP contribution >= 0.6 is 11.6 Å². The van der Waals surface area contributed by atoms with Crippen molar-refractivity contribution in [1.82, 2.24) is 9.55 Å². The highest BCUT2D eigenvalue weighted by Crippen LogP contribution is 2.34. The third-order valence-corrected chi connectivity index (χ3v) is 4.02.